The predicted octanol–water partition coefficient (Wildman–Crippen LogP) is 3.96. The molecule has 0 atom stereocenters. The molecule has 0 spiro atoms. The number of phenolic OH excluding ortho intramolecular Hbond substituents is 1. The third-order valence-corrected chi connectivity index (χ3v) is 3.67. The number of benzene rings is 1. The predicted molar refractivity (Wildman–Crippen MR) is 81.5 cm³/mol. The van der Waals surface area contributed by atoms with Crippen LogP contribution in [0.25, 0.3) is 11.3 Å². The molecule has 0 bridgehead atoms. The molecule has 2 aromatic heterocycles. The molecule has 0 amide bonds. The molecule has 2 N–H and O–H groups in total. The monoisotopic (exact) mass is 283 g/mol. The number of anilines is 2. The van der Waals surface area contributed by atoms with Gasteiger partial charge in [-0.2, -0.15) is 0 Å². The van der Waals surface area contributed by atoms with Gasteiger partial charge in [-0.1, -0.05) is 0 Å². The van der Waals surface area contributed by atoms with Gasteiger partial charge in [-0.05, 0) is 42.8 Å². The van der Waals surface area contributed by atoms with Crippen molar-refractivity contribution in [2.24, 2.45) is 0 Å². The van der Waals surface area contributed by atoms with Gasteiger partial charge in [0.1, 0.15) is 5.75 Å². The van der Waals surface area contributed by atoms with Gasteiger partial charge in [-0.3, -0.25) is 4.98 Å². The fourth-order valence-corrected chi connectivity index (χ4v) is 2.61. The van der Waals surface area contributed by atoms with Crippen LogP contribution in [0.1, 0.15) is 5.56 Å². The molecule has 5 heteroatoms. The van der Waals surface area contributed by atoms with Crippen molar-refractivity contribution in [1.29, 1.82) is 0 Å². The molecule has 20 heavy (non-hydrogen) atoms. The zero-order chi connectivity index (χ0) is 13.9. The Hall–Kier alpha value is -2.40. The molecule has 3 rings (SSSR count). The number of thiazole rings is 1. The number of nitrogens with one attached hydrogen (secondary N) is 1. The van der Waals surface area contributed by atoms with E-state index >= 15 is 0 Å². The zero-order valence-corrected chi connectivity index (χ0v) is 11.7. The van der Waals surface area contributed by atoms with E-state index in [1.165, 1.54) is 11.3 Å². The molecule has 0 aliphatic heterocycles. The summed E-state index contributed by atoms with van der Waals surface area (Å²) in [5.41, 5.74) is 3.82. The third kappa shape index (κ3) is 2.62. The maximum atomic E-state index is 9.41. The van der Waals surface area contributed by atoms with Crippen LogP contribution in [0, 0.1) is 6.92 Å². The molecular weight excluding hydrogens is 270 g/mol. The first-order valence-corrected chi connectivity index (χ1v) is 7.03. The van der Waals surface area contributed by atoms with Crippen molar-refractivity contribution >= 4 is 22.2 Å². The number of aromatic nitrogens is 2. The minimum Gasteiger partial charge on any atom is -0.508 e. The molecule has 0 saturated heterocycles. The number of hydrogen-bond acceptors (Lipinski definition) is 5. The van der Waals surface area contributed by atoms with Crippen molar-refractivity contribution < 1.29 is 5.11 Å². The second-order valence-corrected chi connectivity index (χ2v) is 5.26. The molecule has 3 aromatic rings. The number of phenols is 1. The molecule has 2 heterocycles. The Morgan fingerprint density at radius 3 is 2.90 bits per heavy atom. The summed E-state index contributed by atoms with van der Waals surface area (Å²) in [6.45, 7) is 1.94. The molecule has 0 unspecified atom stereocenters. The van der Waals surface area contributed by atoms with Crippen LogP contribution in [-0.2, 0) is 0 Å². The number of hydrogen-bond donors (Lipinski definition) is 2. The van der Waals surface area contributed by atoms with Gasteiger partial charge in [0.15, 0.2) is 5.13 Å². The van der Waals surface area contributed by atoms with Crippen LogP contribution in [-0.4, -0.2) is 15.1 Å². The third-order valence-electron chi connectivity index (χ3n) is 2.91. The van der Waals surface area contributed by atoms with Gasteiger partial charge in [0.25, 0.3) is 0 Å². The Balaban J connectivity index is 1.84. The Morgan fingerprint density at radius 1 is 1.25 bits per heavy atom. The Morgan fingerprint density at radius 2 is 2.15 bits per heavy atom. The number of pyridine rings is 1. The second kappa shape index (κ2) is 5.30. The summed E-state index contributed by atoms with van der Waals surface area (Å²) < 4.78 is 0. The summed E-state index contributed by atoms with van der Waals surface area (Å²) >= 11 is 1.54. The molecule has 0 radical (unpaired) electrons. The maximum Gasteiger partial charge on any atom is 0.187 e. The summed E-state index contributed by atoms with van der Waals surface area (Å²) in [7, 11) is 0. The standard InChI is InChI=1S/C15H13N3OS/c1-10-7-12(19)4-5-13(10)17-15-18-14(9-20-15)11-3-2-6-16-8-11/h2-9,19H,1H3,(H,17,18). The van der Waals surface area contributed by atoms with E-state index in [1.807, 2.05) is 30.5 Å². The highest BCUT2D eigenvalue weighted by Gasteiger charge is 2.06. The Bertz CT molecular complexity index is 725. The van der Waals surface area contributed by atoms with Crippen LogP contribution in [0.15, 0.2) is 48.1 Å². The second-order valence-electron chi connectivity index (χ2n) is 4.40. The van der Waals surface area contributed by atoms with Gasteiger partial charge in [0, 0.05) is 29.0 Å². The molecule has 0 aliphatic rings. The topological polar surface area (TPSA) is 58.0 Å². The van der Waals surface area contributed by atoms with Gasteiger partial charge in [-0.15, -0.1) is 11.3 Å². The van der Waals surface area contributed by atoms with Crippen LogP contribution < -0.4 is 5.32 Å². The average Bonchev–Trinajstić information content (AvgIpc) is 2.92. The molecule has 0 fully saturated rings. The highest BCUT2D eigenvalue weighted by Crippen LogP contribution is 2.28. The van der Waals surface area contributed by atoms with E-state index < -0.39 is 0 Å². The van der Waals surface area contributed by atoms with E-state index in [-0.39, 0.29) is 5.75 Å². The maximum absolute atomic E-state index is 9.41. The number of aryl methyl sites for hydroxylation is 1. The number of aromatic hydroxyl groups is 1. The number of nitrogens with zero attached hydrogens (tertiary/aromatic N) is 2. The highest BCUT2D eigenvalue weighted by atomic mass is 32.1. The number of rotatable bonds is 3. The van der Waals surface area contributed by atoms with E-state index in [0.717, 1.165) is 27.6 Å². The van der Waals surface area contributed by atoms with Crippen LogP contribution in [0.3, 0.4) is 0 Å². The molecule has 0 aliphatic carbocycles. The van der Waals surface area contributed by atoms with Crippen molar-refractivity contribution in [2.45, 2.75) is 6.92 Å². The van der Waals surface area contributed by atoms with Crippen LogP contribution in [0.4, 0.5) is 10.8 Å². The molecule has 100 valence electrons. The van der Waals surface area contributed by atoms with E-state index in [9.17, 15) is 5.11 Å². The normalized spacial score (nSPS) is 10.4. The summed E-state index contributed by atoms with van der Waals surface area (Å²) in [5, 5.41) is 15.5. The largest absolute Gasteiger partial charge is 0.508 e. The van der Waals surface area contributed by atoms with Gasteiger partial charge in [0.2, 0.25) is 0 Å². The summed E-state index contributed by atoms with van der Waals surface area (Å²) in [5.74, 6) is 0.267. The van der Waals surface area contributed by atoms with Crippen molar-refractivity contribution in [3.63, 3.8) is 0 Å². The van der Waals surface area contributed by atoms with Crippen LogP contribution in [0.5, 0.6) is 5.75 Å². The molecular formula is C15H13N3OS. The van der Waals surface area contributed by atoms with Gasteiger partial charge in [0.05, 0.1) is 5.69 Å². The van der Waals surface area contributed by atoms with Gasteiger partial charge < -0.3 is 10.4 Å². The fourth-order valence-electron chi connectivity index (χ4n) is 1.88. The first-order chi connectivity index (χ1) is 9.72. The minimum absolute atomic E-state index is 0.267. The van der Waals surface area contributed by atoms with Crippen molar-refractivity contribution in [2.75, 3.05) is 5.32 Å². The molecule has 4 nitrogen and oxygen atoms in total. The first-order valence-electron chi connectivity index (χ1n) is 6.15. The average molecular weight is 283 g/mol. The van der Waals surface area contributed by atoms with Crippen molar-refractivity contribution in [1.82, 2.24) is 9.97 Å². The lowest BCUT2D eigenvalue weighted by atomic mass is 10.2. The van der Waals surface area contributed by atoms with Crippen molar-refractivity contribution in [3.8, 4) is 17.0 Å². The SMILES string of the molecule is Cc1cc(O)ccc1Nc1nc(-c2cccnc2)cs1. The minimum atomic E-state index is 0.267. The summed E-state index contributed by atoms with van der Waals surface area (Å²) in [6.07, 6.45) is 3.54. The summed E-state index contributed by atoms with van der Waals surface area (Å²) in [6, 6.07) is 9.10. The van der Waals surface area contributed by atoms with E-state index in [0.29, 0.717) is 0 Å². The quantitative estimate of drug-likeness (QED) is 0.714. The Labute approximate surface area is 120 Å². The van der Waals surface area contributed by atoms with Crippen molar-refractivity contribution in [3.05, 3.63) is 53.7 Å². The lowest BCUT2D eigenvalue weighted by molar-refractivity contribution is 0.475. The van der Waals surface area contributed by atoms with Gasteiger partial charge >= 0.3 is 0 Å². The fraction of sp³-hybridized carbons (Fsp3) is 0.0667. The lowest BCUT2D eigenvalue weighted by Gasteiger charge is -2.06. The summed E-state index contributed by atoms with van der Waals surface area (Å²) in [4.78, 5) is 8.64. The first kappa shape index (κ1) is 12.6. The Kier molecular flexibility index (Phi) is 3.35. The van der Waals surface area contributed by atoms with Crippen LogP contribution in [0.2, 0.25) is 0 Å². The molecule has 0 saturated carbocycles. The van der Waals surface area contributed by atoms with Crippen LogP contribution >= 0.6 is 11.3 Å². The smallest absolute Gasteiger partial charge is 0.187 e. The molecule has 1 aromatic carbocycles. The highest BCUT2D eigenvalue weighted by molar-refractivity contribution is 7.14. The lowest BCUT2D eigenvalue weighted by Crippen LogP contribution is -1.92. The zero-order valence-electron chi connectivity index (χ0n) is 10.9. The van der Waals surface area contributed by atoms with E-state index in [2.05, 4.69) is 15.3 Å². The van der Waals surface area contributed by atoms with E-state index in [4.69, 9.17) is 0 Å². The van der Waals surface area contributed by atoms with E-state index in [1.54, 1.807) is 24.5 Å². The van der Waals surface area contributed by atoms with Gasteiger partial charge in [-0.25, -0.2) is 4.98 Å².